The smallest absolute Gasteiger partial charge is 0.233 e. The predicted octanol–water partition coefficient (Wildman–Crippen LogP) is 1.77. The first-order chi connectivity index (χ1) is 11.7. The fraction of sp³-hybridized carbons (Fsp3) is 0.556. The van der Waals surface area contributed by atoms with Gasteiger partial charge in [0.05, 0.1) is 17.4 Å². The number of piperazine rings is 1. The number of nitrogens with zero attached hydrogens (tertiary/aromatic N) is 4. The molecule has 0 spiro atoms. The molecule has 1 aromatic rings. The maximum absolute atomic E-state index is 12.2. The summed E-state index contributed by atoms with van der Waals surface area (Å²) in [5.41, 5.74) is 1.78. The zero-order valence-corrected chi connectivity index (χ0v) is 15.0. The second-order valence-electron chi connectivity index (χ2n) is 6.48. The van der Waals surface area contributed by atoms with Crippen molar-refractivity contribution in [3.05, 3.63) is 35.4 Å². The second kappa shape index (κ2) is 8.02. The number of thioether (sulfide) groups is 1. The molecule has 1 aromatic carbocycles. The molecule has 2 aliphatic rings. The maximum Gasteiger partial charge on any atom is 0.233 e. The van der Waals surface area contributed by atoms with Gasteiger partial charge in [-0.25, -0.2) is 0 Å². The third-order valence-electron chi connectivity index (χ3n) is 4.76. The highest BCUT2D eigenvalue weighted by Crippen LogP contribution is 2.38. The van der Waals surface area contributed by atoms with Crippen molar-refractivity contribution in [3.63, 3.8) is 0 Å². The van der Waals surface area contributed by atoms with Gasteiger partial charge in [0.15, 0.2) is 0 Å². The predicted molar refractivity (Wildman–Crippen MR) is 96.6 cm³/mol. The van der Waals surface area contributed by atoms with E-state index in [2.05, 4.69) is 22.9 Å². The average molecular weight is 344 g/mol. The highest BCUT2D eigenvalue weighted by molar-refractivity contribution is 8.00. The molecule has 0 aliphatic carbocycles. The first-order valence-electron chi connectivity index (χ1n) is 8.49. The molecule has 6 heteroatoms. The van der Waals surface area contributed by atoms with Crippen LogP contribution < -0.4 is 0 Å². The fourth-order valence-corrected chi connectivity index (χ4v) is 4.45. The lowest BCUT2D eigenvalue weighted by molar-refractivity contribution is -0.128. The average Bonchev–Trinajstić information content (AvgIpc) is 2.98. The number of amides is 1. The van der Waals surface area contributed by atoms with Crippen molar-refractivity contribution in [1.82, 2.24) is 14.7 Å². The van der Waals surface area contributed by atoms with Gasteiger partial charge in [-0.1, -0.05) is 12.1 Å². The van der Waals surface area contributed by atoms with Crippen LogP contribution in [0.1, 0.15) is 22.9 Å². The summed E-state index contributed by atoms with van der Waals surface area (Å²) in [6, 6.07) is 9.76. The van der Waals surface area contributed by atoms with Crippen LogP contribution in [-0.2, 0) is 4.79 Å². The largest absolute Gasteiger partial charge is 0.326 e. The molecule has 2 fully saturated rings. The lowest BCUT2D eigenvalue weighted by atomic mass is 10.1. The van der Waals surface area contributed by atoms with Crippen LogP contribution in [-0.4, -0.2) is 72.7 Å². The molecule has 3 rings (SSSR count). The molecular weight excluding hydrogens is 320 g/mol. The zero-order valence-electron chi connectivity index (χ0n) is 14.1. The number of carbonyl (C=O) groups excluding carboxylic acids is 1. The molecule has 24 heavy (non-hydrogen) atoms. The summed E-state index contributed by atoms with van der Waals surface area (Å²) >= 11 is 1.68. The quantitative estimate of drug-likeness (QED) is 0.815. The Morgan fingerprint density at radius 2 is 1.88 bits per heavy atom. The fourth-order valence-electron chi connectivity index (χ4n) is 3.23. The minimum absolute atomic E-state index is 0.0951. The van der Waals surface area contributed by atoms with Gasteiger partial charge in [-0.05, 0) is 37.7 Å². The van der Waals surface area contributed by atoms with Crippen LogP contribution in [0.5, 0.6) is 0 Å². The van der Waals surface area contributed by atoms with Crippen LogP contribution in [0.25, 0.3) is 0 Å². The van der Waals surface area contributed by atoms with E-state index in [0.717, 1.165) is 51.3 Å². The normalized spacial score (nSPS) is 22.8. The van der Waals surface area contributed by atoms with Gasteiger partial charge in [0.2, 0.25) is 5.91 Å². The molecule has 0 aromatic heterocycles. The Morgan fingerprint density at radius 1 is 1.17 bits per heavy atom. The summed E-state index contributed by atoms with van der Waals surface area (Å²) in [5.74, 6) is 0.784. The van der Waals surface area contributed by atoms with Crippen LogP contribution >= 0.6 is 11.8 Å². The molecule has 0 saturated carbocycles. The monoisotopic (exact) mass is 344 g/mol. The van der Waals surface area contributed by atoms with Crippen molar-refractivity contribution < 1.29 is 4.79 Å². The summed E-state index contributed by atoms with van der Waals surface area (Å²) in [4.78, 5) is 19.1. The summed E-state index contributed by atoms with van der Waals surface area (Å²) in [7, 11) is 2.17. The van der Waals surface area contributed by atoms with E-state index in [9.17, 15) is 4.79 Å². The highest BCUT2D eigenvalue weighted by atomic mass is 32.2. The van der Waals surface area contributed by atoms with Gasteiger partial charge in [-0.15, -0.1) is 11.8 Å². The Hall–Kier alpha value is -1.55. The zero-order chi connectivity index (χ0) is 16.9. The first-order valence-corrected chi connectivity index (χ1v) is 9.54. The summed E-state index contributed by atoms with van der Waals surface area (Å²) in [6.45, 7) is 6.38. The Kier molecular flexibility index (Phi) is 5.77. The van der Waals surface area contributed by atoms with Crippen molar-refractivity contribution in [2.24, 2.45) is 0 Å². The van der Waals surface area contributed by atoms with Gasteiger partial charge in [0, 0.05) is 32.7 Å². The molecule has 2 aliphatic heterocycles. The lowest BCUT2D eigenvalue weighted by Gasteiger charge is -2.33. The highest BCUT2D eigenvalue weighted by Gasteiger charge is 2.32. The minimum Gasteiger partial charge on any atom is -0.326 e. The van der Waals surface area contributed by atoms with E-state index in [1.807, 2.05) is 29.2 Å². The molecule has 0 radical (unpaired) electrons. The summed E-state index contributed by atoms with van der Waals surface area (Å²) < 4.78 is 0. The van der Waals surface area contributed by atoms with E-state index in [0.29, 0.717) is 11.3 Å². The van der Waals surface area contributed by atoms with Gasteiger partial charge >= 0.3 is 0 Å². The maximum atomic E-state index is 12.2. The van der Waals surface area contributed by atoms with E-state index >= 15 is 0 Å². The van der Waals surface area contributed by atoms with Crippen LogP contribution in [0, 0.1) is 11.3 Å². The van der Waals surface area contributed by atoms with E-state index in [1.54, 1.807) is 11.8 Å². The lowest BCUT2D eigenvalue weighted by Crippen LogP contribution is -2.45. The van der Waals surface area contributed by atoms with Gasteiger partial charge in [0.25, 0.3) is 0 Å². The van der Waals surface area contributed by atoms with Gasteiger partial charge in [-0.3, -0.25) is 4.79 Å². The number of hydrogen-bond donors (Lipinski definition) is 0. The van der Waals surface area contributed by atoms with Gasteiger partial charge < -0.3 is 14.7 Å². The van der Waals surface area contributed by atoms with Crippen LogP contribution in [0.4, 0.5) is 0 Å². The molecule has 2 heterocycles. The molecule has 0 bridgehead atoms. The number of rotatable bonds is 5. The Balaban J connectivity index is 1.54. The molecule has 1 unspecified atom stereocenters. The Labute approximate surface area is 148 Å². The van der Waals surface area contributed by atoms with Crippen molar-refractivity contribution >= 4 is 17.7 Å². The standard InChI is InChI=1S/C18H24N4OS/c1-20-9-11-21(12-10-20)7-2-8-22-17(23)14-24-18(22)16-5-3-15(13-19)4-6-16/h3-6,18H,2,7-12,14H2,1H3. The number of nitriles is 1. The van der Waals surface area contributed by atoms with Crippen LogP contribution in [0.3, 0.4) is 0 Å². The molecule has 128 valence electrons. The summed E-state index contributed by atoms with van der Waals surface area (Å²) in [5, 5.41) is 9.01. The SMILES string of the molecule is CN1CCN(CCCN2C(=O)CSC2c2ccc(C#N)cc2)CC1. The second-order valence-corrected chi connectivity index (χ2v) is 7.55. The van der Waals surface area contributed by atoms with Crippen LogP contribution in [0.15, 0.2) is 24.3 Å². The third-order valence-corrected chi connectivity index (χ3v) is 6.02. The topological polar surface area (TPSA) is 50.6 Å². The van der Waals surface area contributed by atoms with Crippen molar-refractivity contribution in [2.75, 3.05) is 52.1 Å². The molecule has 1 amide bonds. The molecule has 5 nitrogen and oxygen atoms in total. The van der Waals surface area contributed by atoms with Crippen LogP contribution in [0.2, 0.25) is 0 Å². The van der Waals surface area contributed by atoms with Crippen molar-refractivity contribution in [1.29, 1.82) is 5.26 Å². The minimum atomic E-state index is 0.0951. The van der Waals surface area contributed by atoms with E-state index < -0.39 is 0 Å². The Morgan fingerprint density at radius 3 is 2.54 bits per heavy atom. The number of likely N-dealkylation sites (N-methyl/N-ethyl adjacent to an activating group) is 1. The number of carbonyl (C=O) groups is 1. The Bertz CT molecular complexity index is 604. The van der Waals surface area contributed by atoms with Crippen molar-refractivity contribution in [3.8, 4) is 6.07 Å². The van der Waals surface area contributed by atoms with E-state index in [-0.39, 0.29) is 11.3 Å². The first kappa shape index (κ1) is 17.3. The van der Waals surface area contributed by atoms with E-state index in [4.69, 9.17) is 5.26 Å². The van der Waals surface area contributed by atoms with Gasteiger partial charge in [0.1, 0.15) is 5.37 Å². The molecule has 0 N–H and O–H groups in total. The molecule has 1 atom stereocenters. The van der Waals surface area contributed by atoms with Crippen molar-refractivity contribution in [2.45, 2.75) is 11.8 Å². The number of benzene rings is 1. The number of hydrogen-bond acceptors (Lipinski definition) is 5. The third kappa shape index (κ3) is 4.10. The molecular formula is C18H24N4OS. The molecule has 2 saturated heterocycles. The van der Waals surface area contributed by atoms with E-state index in [1.165, 1.54) is 0 Å². The van der Waals surface area contributed by atoms with Gasteiger partial charge in [-0.2, -0.15) is 5.26 Å². The summed E-state index contributed by atoms with van der Waals surface area (Å²) in [6.07, 6.45) is 1.02.